The number of nitrogens with one attached hydrogen (secondary N) is 2. The minimum Gasteiger partial charge on any atom is -0.491 e. The Morgan fingerprint density at radius 2 is 1.02 bits per heavy atom. The molecule has 2 aliphatic heterocycles. The number of amides is 4. The number of nitrogens with two attached hydrogens (primary N) is 1. The van der Waals surface area contributed by atoms with Gasteiger partial charge in [0.15, 0.2) is 23.2 Å². The molecule has 4 saturated carbocycles. The lowest BCUT2D eigenvalue weighted by molar-refractivity contribution is -0.144. The average Bonchev–Trinajstić information content (AvgIpc) is 1.57. The Bertz CT molecular complexity index is 5790. The van der Waals surface area contributed by atoms with Crippen molar-refractivity contribution in [2.45, 2.75) is 207 Å². The second-order valence-electron chi connectivity index (χ2n) is 35.6. The Morgan fingerprint density at radius 1 is 0.623 bits per heavy atom. The van der Waals surface area contributed by atoms with Crippen LogP contribution in [-0.2, 0) is 60.0 Å². The van der Waals surface area contributed by atoms with Crippen molar-refractivity contribution in [1.82, 2.24) is 44.2 Å². The number of thiocarbonyl (C=S) groups is 1. The van der Waals surface area contributed by atoms with Crippen molar-refractivity contribution in [2.75, 3.05) is 18.4 Å². The highest BCUT2D eigenvalue weighted by Gasteiger charge is 2.63. The molecule has 5 aromatic heterocycles. The highest BCUT2D eigenvalue weighted by Crippen LogP contribution is 2.59. The van der Waals surface area contributed by atoms with E-state index < -0.39 is 112 Å². The van der Waals surface area contributed by atoms with Gasteiger partial charge < -0.3 is 43.3 Å². The van der Waals surface area contributed by atoms with Crippen molar-refractivity contribution >= 4 is 150 Å². The number of Topliss-reactive ketones (excluding diaryl/α,β-unsaturated/α-hetero) is 3. The number of benzene rings is 4. The maximum atomic E-state index is 15.0. The third-order valence-corrected chi connectivity index (χ3v) is 28.8. The van der Waals surface area contributed by atoms with E-state index >= 15 is 0 Å². The van der Waals surface area contributed by atoms with E-state index in [0.717, 1.165) is 27.0 Å². The molecule has 4 aliphatic carbocycles. The molecule has 6 fully saturated rings. The van der Waals surface area contributed by atoms with Gasteiger partial charge in [0.05, 0.1) is 74.0 Å². The van der Waals surface area contributed by atoms with Crippen LogP contribution in [0.15, 0.2) is 137 Å². The summed E-state index contributed by atoms with van der Waals surface area (Å²) in [5.74, 6) is -2.07. The molecule has 4 amide bonds. The van der Waals surface area contributed by atoms with E-state index in [9.17, 15) is 50.4 Å². The number of hydrogen-bond donors (Lipinski definition) is 3. The molecule has 32 heteroatoms. The van der Waals surface area contributed by atoms with Crippen LogP contribution < -0.4 is 34.1 Å². The molecule has 0 unspecified atom stereocenters. The van der Waals surface area contributed by atoms with Gasteiger partial charge in [-0.3, -0.25) is 43.0 Å². The zero-order chi connectivity index (χ0) is 88.0. The predicted octanol–water partition coefficient (Wildman–Crippen LogP) is 14.9. The number of rotatable bonds is 31. The first kappa shape index (κ1) is 89.9. The molecule has 27 nitrogen and oxygen atoms in total. The summed E-state index contributed by atoms with van der Waals surface area (Å²) in [6.07, 6.45) is 4.37. The molecule has 4 N–H and O–H groups in total. The van der Waals surface area contributed by atoms with Gasteiger partial charge in [0.2, 0.25) is 54.8 Å². The SMILES string of the molecule is C=C[C@@H]1C[C@]1(CC(=O)[C@@H]1C[C@@H](Oc2nc(-c3ccc(OC(C)C)cc3)nc3c2oc2ccccc23)CN1C(=O)[C@@H](CC(N)=S)C(C)(C)C)C(=O)NS(=O)(=O)C1CC1.C=C[C@@H]1C[C@]1(CC(=O)[C@@H]1C[C@@H](Oc2nc(-c3ccc(OC(C)C)cc3)nc3c2oc2ccccc23)CN1C(=O)[C@@H](Cc1nc(C)cs1)C(C)(C)C)C(=O)NS(=O)(=O)C1CC1.CC(=O)CBr. The van der Waals surface area contributed by atoms with E-state index in [2.05, 4.69) is 43.5 Å². The van der Waals surface area contributed by atoms with E-state index in [1.807, 2.05) is 179 Å². The fourth-order valence-corrected chi connectivity index (χ4v) is 19.8. The van der Waals surface area contributed by atoms with E-state index in [1.165, 1.54) is 23.2 Å². The highest BCUT2D eigenvalue weighted by atomic mass is 79.9. The Hall–Kier alpha value is -9.89. The summed E-state index contributed by atoms with van der Waals surface area (Å²) < 4.78 is 93.5. The number of hydrogen-bond acceptors (Lipinski definition) is 24. The molecule has 2 saturated heterocycles. The molecule has 0 radical (unpaired) electrons. The number of likely N-dealkylation sites (tertiary alicyclic amines) is 2. The molecule has 648 valence electrons. The number of sulfonamides is 2. The molecular weight excluding hydrogens is 1700 g/mol. The number of para-hydroxylation sites is 2. The summed E-state index contributed by atoms with van der Waals surface area (Å²) in [5, 5.41) is 3.57. The molecule has 4 aromatic carbocycles. The molecular formula is C90H105BrN10O17S4. The Morgan fingerprint density at radius 3 is 1.35 bits per heavy atom. The summed E-state index contributed by atoms with van der Waals surface area (Å²) in [4.78, 5) is 123. The zero-order valence-corrected chi connectivity index (χ0v) is 75.4. The van der Waals surface area contributed by atoms with Crippen LogP contribution in [0, 0.1) is 52.3 Å². The summed E-state index contributed by atoms with van der Waals surface area (Å²) in [5.41, 5.74) is 7.53. The number of thiazole rings is 1. The summed E-state index contributed by atoms with van der Waals surface area (Å²) in [7, 11) is -7.72. The number of allylic oxidation sites excluding steroid dienone is 2. The van der Waals surface area contributed by atoms with Crippen LogP contribution in [-0.4, -0.2) is 163 Å². The van der Waals surface area contributed by atoms with Gasteiger partial charge in [-0.05, 0) is 176 Å². The number of aromatic nitrogens is 5. The van der Waals surface area contributed by atoms with Crippen LogP contribution in [0.25, 0.3) is 66.9 Å². The molecule has 9 aromatic rings. The molecule has 122 heavy (non-hydrogen) atoms. The number of furan rings is 2. The van der Waals surface area contributed by atoms with Crippen molar-refractivity contribution < 1.29 is 78.2 Å². The standard InChI is InChI=1S/C45H51N5O8S2.C42H49N5O8S2.C3H5BrO/c1-8-28-21-45(28,43(53)49-60(54,55)31-17-18-31)22-35(51)34-19-30(23-50(34)42(52)33(44(5,6)7)20-37-46-26(4)24-59-37)57-41-39-38(32-11-9-10-12-36(32)58-39)47-40(48-41)27-13-15-29(16-14-27)56-25(2)3;1-7-25-20-42(25,40(50)46-57(51,52)28-16-17-28)21-32(48)31-18-27(22-47(31)39(49)30(19-34(43)56)41(4,5)6)54-38-36-35(29-10-8-9-11-33(29)55-36)44-37(45-38)24-12-14-26(15-13-24)53-23(2)3;1-3(5)2-4/h8-16,24-25,28,30-31,33-34H,1,17-23H2,2-7H3,(H,49,53);7-15,23,25,27-28,30-31H,1,16-22H2,2-6H3,(H2,43,56)(H,46,50);2H2,1H3/t28-,30-,33-,34+,45-;25-,27-,30-,31+,42-;/m11./s1. The van der Waals surface area contributed by atoms with Gasteiger partial charge in [-0.1, -0.05) is 106 Å². The Labute approximate surface area is 728 Å². The molecule has 0 bridgehead atoms. The molecule has 6 aliphatic rings. The molecule has 7 heterocycles. The van der Waals surface area contributed by atoms with Crippen LogP contribution in [0.1, 0.15) is 157 Å². The fraction of sp³-hybridized carbons (Fsp3) is 0.478. The monoisotopic (exact) mass is 1800 g/mol. The van der Waals surface area contributed by atoms with E-state index in [0.29, 0.717) is 99.5 Å². The van der Waals surface area contributed by atoms with Crippen LogP contribution in [0.4, 0.5) is 0 Å². The zero-order valence-electron chi connectivity index (χ0n) is 70.6. The maximum Gasteiger partial charge on any atom is 0.262 e. The van der Waals surface area contributed by atoms with Crippen LogP contribution >= 0.6 is 39.5 Å². The normalized spacial score (nSPS) is 21.9. The number of halogens is 1. The lowest BCUT2D eigenvalue weighted by atomic mass is 9.77. The fourth-order valence-electron chi connectivity index (χ4n) is 16.1. The van der Waals surface area contributed by atoms with Crippen LogP contribution in [0.5, 0.6) is 23.3 Å². The number of carbonyl (C=O) groups is 7. The van der Waals surface area contributed by atoms with E-state index in [1.54, 1.807) is 17.1 Å². The number of ketones is 3. The van der Waals surface area contributed by atoms with Gasteiger partial charge in [0.1, 0.15) is 51.7 Å². The summed E-state index contributed by atoms with van der Waals surface area (Å²) >= 11 is 9.71. The largest absolute Gasteiger partial charge is 0.491 e. The molecule has 15 rings (SSSR count). The van der Waals surface area contributed by atoms with Crippen molar-refractivity contribution in [2.24, 2.45) is 51.1 Å². The first-order valence-electron chi connectivity index (χ1n) is 41.2. The predicted molar refractivity (Wildman–Crippen MR) is 473 cm³/mol. The number of fused-ring (bicyclic) bond motifs is 6. The Kier molecular flexibility index (Phi) is 26.3. The van der Waals surface area contributed by atoms with Gasteiger partial charge in [0, 0.05) is 83.3 Å². The van der Waals surface area contributed by atoms with Crippen LogP contribution in [0.3, 0.4) is 0 Å². The minimum atomic E-state index is -3.86. The van der Waals surface area contributed by atoms with Crippen molar-refractivity contribution in [3.8, 4) is 46.0 Å². The first-order valence-corrected chi connectivity index (χ1v) is 46.7. The highest BCUT2D eigenvalue weighted by molar-refractivity contribution is 9.09. The van der Waals surface area contributed by atoms with E-state index in [-0.39, 0.29) is 116 Å². The number of aryl methyl sites for hydroxylation is 1. The van der Waals surface area contributed by atoms with Gasteiger partial charge in [-0.15, -0.1) is 24.5 Å². The summed E-state index contributed by atoms with van der Waals surface area (Å²) in [6.45, 7) is 30.8. The van der Waals surface area contributed by atoms with E-state index in [4.69, 9.17) is 65.7 Å². The van der Waals surface area contributed by atoms with Gasteiger partial charge >= 0.3 is 0 Å². The number of carbonyl (C=O) groups excluding carboxylic acids is 7. The second-order valence-corrected chi connectivity index (χ2v) is 41.5. The van der Waals surface area contributed by atoms with Crippen molar-refractivity contribution in [1.29, 1.82) is 0 Å². The lowest BCUT2D eigenvalue weighted by Gasteiger charge is -2.35. The van der Waals surface area contributed by atoms with Crippen LogP contribution in [0.2, 0.25) is 0 Å². The van der Waals surface area contributed by atoms with Crippen molar-refractivity contribution in [3.63, 3.8) is 0 Å². The minimum absolute atomic E-state index is 0.00116. The van der Waals surface area contributed by atoms with Crippen molar-refractivity contribution in [3.05, 3.63) is 138 Å². The smallest absolute Gasteiger partial charge is 0.262 e. The first-order chi connectivity index (χ1) is 57.6. The Balaban J connectivity index is 0.000000199. The number of alkyl halides is 1. The third kappa shape index (κ3) is 20.1. The van der Waals surface area contributed by atoms with Gasteiger partial charge in [-0.25, -0.2) is 31.8 Å². The summed E-state index contributed by atoms with van der Waals surface area (Å²) in [6, 6.07) is 27.9. The van der Waals surface area contributed by atoms with Gasteiger partial charge in [-0.2, -0.15) is 9.97 Å². The second kappa shape index (κ2) is 35.8. The third-order valence-electron chi connectivity index (χ3n) is 23.2. The number of nitrogens with zero attached hydrogens (tertiary/aromatic N) is 7. The average molecular weight is 1810 g/mol. The molecule has 0 spiro atoms. The molecule has 10 atom stereocenters. The lowest BCUT2D eigenvalue weighted by Crippen LogP contribution is -2.48. The quantitative estimate of drug-likeness (QED) is 0.0206. The maximum absolute atomic E-state index is 15.0. The van der Waals surface area contributed by atoms with Gasteiger partial charge in [0.25, 0.3) is 11.8 Å². The number of ether oxygens (including phenoxy) is 4. The topological polar surface area (TPSA) is 372 Å².